The maximum absolute atomic E-state index is 13.5. The summed E-state index contributed by atoms with van der Waals surface area (Å²) in [6.45, 7) is 9.41. The van der Waals surface area contributed by atoms with E-state index in [0.717, 1.165) is 35.1 Å². The number of carbonyl (C=O) groups is 2. The van der Waals surface area contributed by atoms with Gasteiger partial charge in [0.1, 0.15) is 11.9 Å². The molecule has 5 nitrogen and oxygen atoms in total. The van der Waals surface area contributed by atoms with Gasteiger partial charge in [-0.05, 0) is 73.6 Å². The smallest absolute Gasteiger partial charge is 0.305 e. The SMILES string of the molecule is CCOC(=O)CCCn1cc(C(=O)c2ccc(OC(CC)c3ccc(CC(C)C)cc3)cc2)c2ccccc21. The van der Waals surface area contributed by atoms with Crippen molar-refractivity contribution in [1.29, 1.82) is 0 Å². The molecule has 1 unspecified atom stereocenters. The lowest BCUT2D eigenvalue weighted by Gasteiger charge is -2.19. The molecule has 0 amide bonds. The molecule has 0 saturated carbocycles. The van der Waals surface area contributed by atoms with Gasteiger partial charge in [0.15, 0.2) is 5.78 Å². The van der Waals surface area contributed by atoms with Crippen LogP contribution in [-0.2, 0) is 22.5 Å². The molecule has 0 aliphatic heterocycles. The summed E-state index contributed by atoms with van der Waals surface area (Å²) in [7, 11) is 0. The summed E-state index contributed by atoms with van der Waals surface area (Å²) in [6, 6.07) is 24.0. The zero-order chi connectivity index (χ0) is 27.8. The van der Waals surface area contributed by atoms with E-state index < -0.39 is 0 Å². The zero-order valence-corrected chi connectivity index (χ0v) is 23.5. The number of fused-ring (bicyclic) bond motifs is 1. The van der Waals surface area contributed by atoms with Gasteiger partial charge in [-0.15, -0.1) is 0 Å². The molecular formula is C34H39NO4. The molecule has 0 fully saturated rings. The van der Waals surface area contributed by atoms with Gasteiger partial charge in [0.05, 0.1) is 6.61 Å². The van der Waals surface area contributed by atoms with Gasteiger partial charge < -0.3 is 14.0 Å². The van der Waals surface area contributed by atoms with Crippen molar-refractivity contribution in [3.63, 3.8) is 0 Å². The number of benzene rings is 3. The average Bonchev–Trinajstić information content (AvgIpc) is 3.30. The van der Waals surface area contributed by atoms with Crippen LogP contribution in [0.15, 0.2) is 79.0 Å². The van der Waals surface area contributed by atoms with E-state index in [0.29, 0.717) is 43.0 Å². The van der Waals surface area contributed by atoms with Crippen LogP contribution >= 0.6 is 0 Å². The Hall–Kier alpha value is -3.86. The van der Waals surface area contributed by atoms with Crippen LogP contribution in [0.5, 0.6) is 5.75 Å². The first-order valence-electron chi connectivity index (χ1n) is 14.0. The van der Waals surface area contributed by atoms with Gasteiger partial charge >= 0.3 is 5.97 Å². The fourth-order valence-corrected chi connectivity index (χ4v) is 4.97. The Labute approximate surface area is 231 Å². The van der Waals surface area contributed by atoms with Crippen molar-refractivity contribution in [2.24, 2.45) is 5.92 Å². The van der Waals surface area contributed by atoms with Crippen LogP contribution in [0.25, 0.3) is 10.9 Å². The zero-order valence-electron chi connectivity index (χ0n) is 23.5. The molecule has 0 saturated heterocycles. The quantitative estimate of drug-likeness (QED) is 0.131. The van der Waals surface area contributed by atoms with Crippen LogP contribution in [0.2, 0.25) is 0 Å². The predicted molar refractivity (Wildman–Crippen MR) is 156 cm³/mol. The number of aryl methyl sites for hydroxylation is 1. The van der Waals surface area contributed by atoms with Gasteiger partial charge in [0, 0.05) is 41.2 Å². The highest BCUT2D eigenvalue weighted by Gasteiger charge is 2.18. The van der Waals surface area contributed by atoms with Crippen LogP contribution in [-0.4, -0.2) is 22.9 Å². The predicted octanol–water partition coefficient (Wildman–Crippen LogP) is 7.94. The van der Waals surface area contributed by atoms with Gasteiger partial charge in [-0.2, -0.15) is 0 Å². The molecule has 0 aliphatic carbocycles. The summed E-state index contributed by atoms with van der Waals surface area (Å²) in [5.41, 5.74) is 4.74. The van der Waals surface area contributed by atoms with Crippen LogP contribution in [0, 0.1) is 5.92 Å². The van der Waals surface area contributed by atoms with Crippen LogP contribution < -0.4 is 4.74 Å². The van der Waals surface area contributed by atoms with Crippen LogP contribution in [0.4, 0.5) is 0 Å². The summed E-state index contributed by atoms with van der Waals surface area (Å²) in [5, 5.41) is 0.908. The average molecular weight is 526 g/mol. The van der Waals surface area contributed by atoms with Crippen molar-refractivity contribution < 1.29 is 19.1 Å². The highest BCUT2D eigenvalue weighted by atomic mass is 16.5. The maximum Gasteiger partial charge on any atom is 0.305 e. The Kier molecular flexibility index (Phi) is 9.59. The Morgan fingerprint density at radius 3 is 2.28 bits per heavy atom. The third-order valence-corrected chi connectivity index (χ3v) is 6.88. The second-order valence-corrected chi connectivity index (χ2v) is 10.4. The summed E-state index contributed by atoms with van der Waals surface area (Å²) in [4.78, 5) is 25.3. The van der Waals surface area contributed by atoms with Crippen molar-refractivity contribution >= 4 is 22.7 Å². The molecule has 1 aromatic heterocycles. The van der Waals surface area contributed by atoms with Crippen LogP contribution in [0.3, 0.4) is 0 Å². The summed E-state index contributed by atoms with van der Waals surface area (Å²) in [6.07, 6.45) is 4.77. The standard InChI is InChI=1S/C34H39NO4/c1-5-32(26-15-13-25(14-16-26)22-24(3)4)39-28-19-17-27(18-20-28)34(37)30-23-35(21-9-12-33(36)38-6-2)31-11-8-7-10-29(30)31/h7-8,10-11,13-20,23-24,32H,5-6,9,12,21-22H2,1-4H3. The van der Waals surface area contributed by atoms with Crippen molar-refractivity contribution in [2.75, 3.05) is 6.61 Å². The number of carbonyl (C=O) groups excluding carboxylic acids is 2. The lowest BCUT2D eigenvalue weighted by molar-refractivity contribution is -0.143. The molecule has 0 aliphatic rings. The number of esters is 1. The lowest BCUT2D eigenvalue weighted by Crippen LogP contribution is -2.07. The van der Waals surface area contributed by atoms with Crippen LogP contribution in [0.1, 0.15) is 80.1 Å². The van der Waals surface area contributed by atoms with Gasteiger partial charge in [-0.3, -0.25) is 9.59 Å². The maximum atomic E-state index is 13.5. The largest absolute Gasteiger partial charge is 0.486 e. The second-order valence-electron chi connectivity index (χ2n) is 10.4. The Balaban J connectivity index is 1.46. The molecule has 0 bridgehead atoms. The van der Waals surface area contributed by atoms with Crippen molar-refractivity contribution in [3.8, 4) is 5.75 Å². The Morgan fingerprint density at radius 1 is 0.897 bits per heavy atom. The minimum atomic E-state index is -0.193. The summed E-state index contributed by atoms with van der Waals surface area (Å²) >= 11 is 0. The second kappa shape index (κ2) is 13.3. The molecule has 39 heavy (non-hydrogen) atoms. The van der Waals surface area contributed by atoms with Gasteiger partial charge in [-0.25, -0.2) is 0 Å². The van der Waals surface area contributed by atoms with E-state index in [9.17, 15) is 9.59 Å². The molecule has 204 valence electrons. The first-order chi connectivity index (χ1) is 18.9. The fourth-order valence-electron chi connectivity index (χ4n) is 4.97. The first kappa shape index (κ1) is 28.2. The number of ether oxygens (including phenoxy) is 2. The number of hydrogen-bond donors (Lipinski definition) is 0. The highest BCUT2D eigenvalue weighted by Crippen LogP contribution is 2.28. The Morgan fingerprint density at radius 2 is 1.62 bits per heavy atom. The highest BCUT2D eigenvalue weighted by molar-refractivity contribution is 6.16. The molecule has 0 spiro atoms. The van der Waals surface area contributed by atoms with Gasteiger partial charge in [-0.1, -0.05) is 63.2 Å². The number of rotatable bonds is 13. The monoisotopic (exact) mass is 525 g/mol. The normalized spacial score (nSPS) is 12.0. The molecule has 1 heterocycles. The van der Waals surface area contributed by atoms with Gasteiger partial charge in [0.2, 0.25) is 0 Å². The first-order valence-corrected chi connectivity index (χ1v) is 14.0. The van der Waals surface area contributed by atoms with E-state index in [1.165, 1.54) is 5.56 Å². The van der Waals surface area contributed by atoms with E-state index in [1.54, 1.807) is 0 Å². The number of nitrogens with zero attached hydrogens (tertiary/aromatic N) is 1. The van der Waals surface area contributed by atoms with E-state index in [1.807, 2.05) is 61.7 Å². The molecule has 5 heteroatoms. The molecule has 3 aromatic carbocycles. The molecular weight excluding hydrogens is 486 g/mol. The van der Waals surface area contributed by atoms with E-state index >= 15 is 0 Å². The Bertz CT molecular complexity index is 1380. The number of para-hydroxylation sites is 1. The molecule has 0 radical (unpaired) electrons. The molecule has 4 rings (SSSR count). The third-order valence-electron chi connectivity index (χ3n) is 6.88. The molecule has 4 aromatic rings. The minimum Gasteiger partial charge on any atom is -0.486 e. The van der Waals surface area contributed by atoms with Crippen molar-refractivity contribution in [2.45, 2.75) is 66.0 Å². The van der Waals surface area contributed by atoms with E-state index in [4.69, 9.17) is 9.47 Å². The minimum absolute atomic E-state index is 0.0327. The third kappa shape index (κ3) is 7.17. The van der Waals surface area contributed by atoms with E-state index in [2.05, 4.69) is 49.6 Å². The number of aromatic nitrogens is 1. The molecule has 1 atom stereocenters. The van der Waals surface area contributed by atoms with Crippen molar-refractivity contribution in [1.82, 2.24) is 4.57 Å². The van der Waals surface area contributed by atoms with E-state index in [-0.39, 0.29) is 17.9 Å². The fraction of sp³-hybridized carbons (Fsp3) is 0.353. The molecule has 0 N–H and O–H groups in total. The van der Waals surface area contributed by atoms with Crippen molar-refractivity contribution in [3.05, 3.63) is 101 Å². The summed E-state index contributed by atoms with van der Waals surface area (Å²) < 4.78 is 13.4. The summed E-state index contributed by atoms with van der Waals surface area (Å²) in [5.74, 6) is 1.14. The lowest BCUT2D eigenvalue weighted by atomic mass is 9.99. The van der Waals surface area contributed by atoms with Gasteiger partial charge in [0.25, 0.3) is 0 Å². The topological polar surface area (TPSA) is 57.5 Å². The number of ketones is 1. The number of hydrogen-bond acceptors (Lipinski definition) is 4.